The van der Waals surface area contributed by atoms with Crippen LogP contribution in [0.15, 0.2) is 18.2 Å². The van der Waals surface area contributed by atoms with Crippen LogP contribution < -0.4 is 5.32 Å². The van der Waals surface area contributed by atoms with Crippen molar-refractivity contribution < 1.29 is 22.7 Å². The highest BCUT2D eigenvalue weighted by molar-refractivity contribution is 5.28. The second-order valence-corrected chi connectivity index (χ2v) is 4.32. The van der Waals surface area contributed by atoms with E-state index in [-0.39, 0.29) is 6.42 Å². The van der Waals surface area contributed by atoms with Gasteiger partial charge in [0.25, 0.3) is 0 Å². The molecule has 0 aliphatic carbocycles. The van der Waals surface area contributed by atoms with Crippen molar-refractivity contribution in [3.8, 4) is 0 Å². The Balaban J connectivity index is 2.19. The van der Waals surface area contributed by atoms with E-state index in [1.807, 2.05) is 0 Å². The van der Waals surface area contributed by atoms with E-state index in [1.54, 1.807) is 0 Å². The van der Waals surface area contributed by atoms with E-state index < -0.39 is 23.2 Å². The first-order valence-electron chi connectivity index (χ1n) is 5.09. The fourth-order valence-electron chi connectivity index (χ4n) is 1.82. The van der Waals surface area contributed by atoms with Crippen LogP contribution in [-0.4, -0.2) is 23.8 Å². The van der Waals surface area contributed by atoms with Crippen LogP contribution in [0.2, 0.25) is 0 Å². The van der Waals surface area contributed by atoms with E-state index in [4.69, 9.17) is 0 Å². The number of hydrogen-bond acceptors (Lipinski definition) is 2. The number of halogens is 4. The molecule has 0 aromatic heterocycles. The van der Waals surface area contributed by atoms with E-state index in [1.165, 1.54) is 6.07 Å². The Morgan fingerprint density at radius 2 is 1.94 bits per heavy atom. The van der Waals surface area contributed by atoms with Gasteiger partial charge in [0, 0.05) is 19.5 Å². The summed E-state index contributed by atoms with van der Waals surface area (Å²) < 4.78 is 50.1. The molecule has 1 saturated heterocycles. The average Bonchev–Trinajstić information content (AvgIpc) is 2.13. The third-order valence-electron chi connectivity index (χ3n) is 2.78. The Morgan fingerprint density at radius 1 is 1.29 bits per heavy atom. The highest BCUT2D eigenvalue weighted by Crippen LogP contribution is 2.32. The molecule has 1 aromatic rings. The van der Waals surface area contributed by atoms with E-state index in [2.05, 4.69) is 5.32 Å². The van der Waals surface area contributed by atoms with Gasteiger partial charge in [0.05, 0.1) is 11.2 Å². The van der Waals surface area contributed by atoms with Crippen LogP contribution in [0.3, 0.4) is 0 Å². The summed E-state index contributed by atoms with van der Waals surface area (Å²) in [6, 6.07) is 2.74. The van der Waals surface area contributed by atoms with Crippen molar-refractivity contribution in [1.82, 2.24) is 5.32 Å². The van der Waals surface area contributed by atoms with Crippen LogP contribution in [0.25, 0.3) is 0 Å². The zero-order chi connectivity index (χ0) is 12.7. The van der Waals surface area contributed by atoms with Gasteiger partial charge in [-0.25, -0.2) is 4.39 Å². The molecule has 2 N–H and O–H groups in total. The number of benzene rings is 1. The molecule has 0 atom stereocenters. The predicted molar refractivity (Wildman–Crippen MR) is 52.9 cm³/mol. The molecule has 0 radical (unpaired) electrons. The number of rotatable bonds is 2. The first-order chi connectivity index (χ1) is 7.80. The summed E-state index contributed by atoms with van der Waals surface area (Å²) in [7, 11) is 0. The Bertz CT molecular complexity index is 426. The van der Waals surface area contributed by atoms with Crippen molar-refractivity contribution in [3.63, 3.8) is 0 Å². The molecule has 1 aromatic carbocycles. The molecule has 0 spiro atoms. The summed E-state index contributed by atoms with van der Waals surface area (Å²) in [5, 5.41) is 12.6. The fourth-order valence-corrected chi connectivity index (χ4v) is 1.82. The summed E-state index contributed by atoms with van der Waals surface area (Å²) in [5.41, 5.74) is -1.88. The highest BCUT2D eigenvalue weighted by Gasteiger charge is 2.36. The minimum absolute atomic E-state index is 0.148. The Kier molecular flexibility index (Phi) is 2.87. The number of hydrogen-bond donors (Lipinski definition) is 2. The lowest BCUT2D eigenvalue weighted by atomic mass is 9.89. The van der Waals surface area contributed by atoms with Gasteiger partial charge in [-0.3, -0.25) is 0 Å². The summed E-state index contributed by atoms with van der Waals surface area (Å²) in [6.07, 6.45) is -4.54. The van der Waals surface area contributed by atoms with Crippen molar-refractivity contribution in [3.05, 3.63) is 35.1 Å². The van der Waals surface area contributed by atoms with Crippen LogP contribution in [0.5, 0.6) is 0 Å². The van der Waals surface area contributed by atoms with Crippen molar-refractivity contribution in [1.29, 1.82) is 0 Å². The van der Waals surface area contributed by atoms with Crippen LogP contribution in [-0.2, 0) is 12.6 Å². The standard InChI is InChI=1S/C11H11F4NO/c12-9-3-7(4-10(17)5-16-6-10)1-2-8(9)11(13,14)15/h1-3,16-17H,4-6H2. The summed E-state index contributed by atoms with van der Waals surface area (Å²) in [4.78, 5) is 0. The number of β-amino-alcohol motifs (C(OH)–C–C–N with tert-alkyl or cyclic N) is 1. The molecule has 1 aliphatic rings. The van der Waals surface area contributed by atoms with Crippen LogP contribution >= 0.6 is 0 Å². The highest BCUT2D eigenvalue weighted by atomic mass is 19.4. The molecule has 0 unspecified atom stereocenters. The normalized spacial score (nSPS) is 18.9. The maximum absolute atomic E-state index is 13.2. The molecule has 94 valence electrons. The third kappa shape index (κ3) is 2.58. The minimum atomic E-state index is -4.68. The quantitative estimate of drug-likeness (QED) is 0.782. The predicted octanol–water partition coefficient (Wildman–Crippen LogP) is 1.72. The molecule has 0 bridgehead atoms. The van der Waals surface area contributed by atoms with Crippen molar-refractivity contribution in [2.45, 2.75) is 18.2 Å². The smallest absolute Gasteiger partial charge is 0.387 e. The van der Waals surface area contributed by atoms with Gasteiger partial charge in [-0.15, -0.1) is 0 Å². The van der Waals surface area contributed by atoms with E-state index in [9.17, 15) is 22.7 Å². The molecule has 6 heteroatoms. The van der Waals surface area contributed by atoms with Crippen molar-refractivity contribution in [2.75, 3.05) is 13.1 Å². The summed E-state index contributed by atoms with van der Waals surface area (Å²) >= 11 is 0. The fraction of sp³-hybridized carbons (Fsp3) is 0.455. The summed E-state index contributed by atoms with van der Waals surface area (Å²) in [5.74, 6) is -1.30. The van der Waals surface area contributed by atoms with Gasteiger partial charge in [0.2, 0.25) is 0 Å². The van der Waals surface area contributed by atoms with E-state index in [0.717, 1.165) is 6.07 Å². The molecule has 1 aliphatic heterocycles. The Labute approximate surface area is 95.3 Å². The van der Waals surface area contributed by atoms with Gasteiger partial charge in [-0.2, -0.15) is 13.2 Å². The Hall–Kier alpha value is -1.14. The minimum Gasteiger partial charge on any atom is -0.387 e. The lowest BCUT2D eigenvalue weighted by Crippen LogP contribution is -2.60. The zero-order valence-corrected chi connectivity index (χ0v) is 8.81. The second kappa shape index (κ2) is 3.96. The van der Waals surface area contributed by atoms with Gasteiger partial charge in [-0.1, -0.05) is 6.07 Å². The molecule has 1 heterocycles. The first-order valence-corrected chi connectivity index (χ1v) is 5.09. The van der Waals surface area contributed by atoms with Crippen LogP contribution in [0, 0.1) is 5.82 Å². The number of alkyl halides is 3. The molecule has 2 rings (SSSR count). The number of aliphatic hydroxyl groups is 1. The summed E-state index contributed by atoms with van der Waals surface area (Å²) in [6.45, 7) is 0.741. The van der Waals surface area contributed by atoms with Gasteiger partial charge in [0.15, 0.2) is 0 Å². The second-order valence-electron chi connectivity index (χ2n) is 4.32. The topological polar surface area (TPSA) is 32.3 Å². The van der Waals surface area contributed by atoms with Crippen molar-refractivity contribution >= 4 is 0 Å². The maximum Gasteiger partial charge on any atom is 0.419 e. The largest absolute Gasteiger partial charge is 0.419 e. The zero-order valence-electron chi connectivity index (χ0n) is 8.81. The first kappa shape index (κ1) is 12.3. The Morgan fingerprint density at radius 3 is 2.35 bits per heavy atom. The molecule has 17 heavy (non-hydrogen) atoms. The monoisotopic (exact) mass is 249 g/mol. The van der Waals surface area contributed by atoms with Gasteiger partial charge in [-0.05, 0) is 17.7 Å². The average molecular weight is 249 g/mol. The third-order valence-corrected chi connectivity index (χ3v) is 2.78. The molecule has 2 nitrogen and oxygen atoms in total. The van der Waals surface area contributed by atoms with Gasteiger partial charge < -0.3 is 10.4 Å². The molecular weight excluding hydrogens is 238 g/mol. The molecule has 0 saturated carbocycles. The maximum atomic E-state index is 13.2. The van der Waals surface area contributed by atoms with E-state index >= 15 is 0 Å². The van der Waals surface area contributed by atoms with Crippen LogP contribution in [0.4, 0.5) is 17.6 Å². The molecule has 0 amide bonds. The van der Waals surface area contributed by atoms with Gasteiger partial charge >= 0.3 is 6.18 Å². The lowest BCUT2D eigenvalue weighted by Gasteiger charge is -2.37. The van der Waals surface area contributed by atoms with Crippen molar-refractivity contribution in [2.24, 2.45) is 0 Å². The SMILES string of the molecule is OC1(Cc2ccc(C(F)(F)F)c(F)c2)CNC1. The molecule has 1 fully saturated rings. The van der Waals surface area contributed by atoms with E-state index in [0.29, 0.717) is 24.7 Å². The molecular formula is C11H11F4NO. The van der Waals surface area contributed by atoms with Crippen LogP contribution in [0.1, 0.15) is 11.1 Å². The lowest BCUT2D eigenvalue weighted by molar-refractivity contribution is -0.140. The van der Waals surface area contributed by atoms with Gasteiger partial charge in [0.1, 0.15) is 5.82 Å². The number of nitrogens with one attached hydrogen (secondary N) is 1.